The Morgan fingerprint density at radius 2 is 2.00 bits per heavy atom. The summed E-state index contributed by atoms with van der Waals surface area (Å²) in [5.41, 5.74) is 0. The lowest BCUT2D eigenvalue weighted by Gasteiger charge is -2.23. The van der Waals surface area contributed by atoms with Crippen LogP contribution < -0.4 is 5.32 Å². The van der Waals surface area contributed by atoms with Crippen LogP contribution in [-0.4, -0.2) is 38.4 Å². The largest absolute Gasteiger partial charge is 0.302 e. The summed E-state index contributed by atoms with van der Waals surface area (Å²) in [7, 11) is 1.70. The van der Waals surface area contributed by atoms with E-state index in [1.807, 2.05) is 5.06 Å². The standard InChI is InChI=1S/C5H11N2O/c1-8-7-4-2-6-3-5-7/h2-5H2,1H3. The Morgan fingerprint density at radius 1 is 1.38 bits per heavy atom. The van der Waals surface area contributed by atoms with Crippen LogP contribution in [-0.2, 0) is 4.84 Å². The minimum Gasteiger partial charge on any atom is -0.302 e. The Bertz CT molecular complexity index is 61.4. The number of piperazine rings is 1. The highest BCUT2D eigenvalue weighted by molar-refractivity contribution is 4.58. The second-order valence-corrected chi connectivity index (χ2v) is 1.78. The van der Waals surface area contributed by atoms with Gasteiger partial charge in [0.05, 0.1) is 7.11 Å². The van der Waals surface area contributed by atoms with Crippen LogP contribution in [0.15, 0.2) is 0 Å². The van der Waals surface area contributed by atoms with Crippen molar-refractivity contribution in [3.63, 3.8) is 0 Å². The third-order valence-electron chi connectivity index (χ3n) is 1.27. The van der Waals surface area contributed by atoms with Gasteiger partial charge in [-0.25, -0.2) is 5.32 Å². The first-order chi connectivity index (χ1) is 3.93. The van der Waals surface area contributed by atoms with Gasteiger partial charge in [0, 0.05) is 26.2 Å². The molecular formula is C5H11N2O. The minimum absolute atomic E-state index is 0.924. The first-order valence-corrected chi connectivity index (χ1v) is 2.86. The van der Waals surface area contributed by atoms with Crippen LogP contribution in [0.4, 0.5) is 0 Å². The topological polar surface area (TPSA) is 26.6 Å². The van der Waals surface area contributed by atoms with Crippen molar-refractivity contribution in [2.75, 3.05) is 33.3 Å². The van der Waals surface area contributed by atoms with E-state index < -0.39 is 0 Å². The summed E-state index contributed by atoms with van der Waals surface area (Å²) >= 11 is 0. The lowest BCUT2D eigenvalue weighted by Crippen LogP contribution is -2.39. The van der Waals surface area contributed by atoms with Gasteiger partial charge < -0.3 is 4.84 Å². The summed E-state index contributed by atoms with van der Waals surface area (Å²) in [6.45, 7) is 3.76. The van der Waals surface area contributed by atoms with Gasteiger partial charge in [-0.05, 0) is 0 Å². The molecule has 1 aliphatic heterocycles. The Balaban J connectivity index is 2.13. The fraction of sp³-hybridized carbons (Fsp3) is 1.00. The maximum absolute atomic E-state index is 4.96. The molecule has 8 heavy (non-hydrogen) atoms. The van der Waals surface area contributed by atoms with Gasteiger partial charge in [-0.1, -0.05) is 0 Å². The van der Waals surface area contributed by atoms with Gasteiger partial charge >= 0.3 is 0 Å². The third kappa shape index (κ3) is 1.43. The Labute approximate surface area is 49.6 Å². The predicted molar refractivity (Wildman–Crippen MR) is 30.4 cm³/mol. The van der Waals surface area contributed by atoms with Crippen LogP contribution in [0, 0.1) is 0 Å². The summed E-state index contributed by atoms with van der Waals surface area (Å²) in [4.78, 5) is 4.96. The van der Waals surface area contributed by atoms with Crippen LogP contribution in [0.3, 0.4) is 0 Å². The summed E-state index contributed by atoms with van der Waals surface area (Å²) in [5.74, 6) is 0. The fourth-order valence-corrected chi connectivity index (χ4v) is 0.771. The lowest BCUT2D eigenvalue weighted by atomic mass is 10.4. The lowest BCUT2D eigenvalue weighted by molar-refractivity contribution is -0.137. The van der Waals surface area contributed by atoms with Crippen molar-refractivity contribution in [3.05, 3.63) is 0 Å². The first-order valence-electron chi connectivity index (χ1n) is 2.86. The van der Waals surface area contributed by atoms with E-state index in [-0.39, 0.29) is 0 Å². The molecule has 0 amide bonds. The van der Waals surface area contributed by atoms with Gasteiger partial charge in [0.25, 0.3) is 0 Å². The molecule has 0 aromatic carbocycles. The molecule has 0 bridgehead atoms. The number of hydrogen-bond donors (Lipinski definition) is 0. The molecule has 47 valence electrons. The highest BCUT2D eigenvalue weighted by atomic mass is 16.7. The molecule has 1 radical (unpaired) electrons. The number of nitrogens with zero attached hydrogens (tertiary/aromatic N) is 2. The minimum atomic E-state index is 0.924. The van der Waals surface area contributed by atoms with Gasteiger partial charge in [-0.15, -0.1) is 0 Å². The van der Waals surface area contributed by atoms with Gasteiger partial charge in [-0.3, -0.25) is 0 Å². The van der Waals surface area contributed by atoms with Crippen molar-refractivity contribution in [1.29, 1.82) is 0 Å². The second-order valence-electron chi connectivity index (χ2n) is 1.78. The molecule has 0 atom stereocenters. The zero-order valence-electron chi connectivity index (χ0n) is 5.13. The molecule has 1 fully saturated rings. The molecule has 1 heterocycles. The van der Waals surface area contributed by atoms with Crippen LogP contribution >= 0.6 is 0 Å². The van der Waals surface area contributed by atoms with E-state index in [2.05, 4.69) is 5.32 Å². The maximum atomic E-state index is 4.96. The highest BCUT2D eigenvalue weighted by Crippen LogP contribution is 1.90. The number of rotatable bonds is 1. The van der Waals surface area contributed by atoms with E-state index >= 15 is 0 Å². The summed E-state index contributed by atoms with van der Waals surface area (Å²) in [5, 5.41) is 6.08. The number of hydroxylamine groups is 2. The summed E-state index contributed by atoms with van der Waals surface area (Å²) in [6, 6.07) is 0. The molecule has 0 saturated carbocycles. The molecule has 3 nitrogen and oxygen atoms in total. The zero-order chi connectivity index (χ0) is 5.82. The molecule has 0 aromatic heterocycles. The molecule has 0 N–H and O–H groups in total. The molecule has 1 saturated heterocycles. The highest BCUT2D eigenvalue weighted by Gasteiger charge is 2.07. The molecule has 3 heteroatoms. The molecule has 0 aliphatic carbocycles. The predicted octanol–water partition coefficient (Wildman–Crippen LogP) is -0.532. The van der Waals surface area contributed by atoms with Gasteiger partial charge in [0.1, 0.15) is 0 Å². The van der Waals surface area contributed by atoms with Crippen LogP contribution in [0.5, 0.6) is 0 Å². The molecule has 1 aliphatic rings. The fourth-order valence-electron chi connectivity index (χ4n) is 0.771. The summed E-state index contributed by atoms with van der Waals surface area (Å²) < 4.78 is 0. The molecule has 0 aromatic rings. The molecule has 0 spiro atoms. The smallest absolute Gasteiger partial charge is 0.0575 e. The van der Waals surface area contributed by atoms with Crippen molar-refractivity contribution >= 4 is 0 Å². The van der Waals surface area contributed by atoms with Crippen LogP contribution in [0.1, 0.15) is 0 Å². The Morgan fingerprint density at radius 3 is 2.38 bits per heavy atom. The Hall–Kier alpha value is -0.120. The van der Waals surface area contributed by atoms with E-state index in [0.717, 1.165) is 26.2 Å². The van der Waals surface area contributed by atoms with Crippen molar-refractivity contribution in [2.24, 2.45) is 0 Å². The molecule has 0 unspecified atom stereocenters. The second kappa shape index (κ2) is 3.02. The van der Waals surface area contributed by atoms with E-state index in [1.54, 1.807) is 7.11 Å². The summed E-state index contributed by atoms with van der Waals surface area (Å²) in [6.07, 6.45) is 0. The van der Waals surface area contributed by atoms with E-state index in [9.17, 15) is 0 Å². The van der Waals surface area contributed by atoms with Crippen molar-refractivity contribution in [2.45, 2.75) is 0 Å². The monoisotopic (exact) mass is 115 g/mol. The average molecular weight is 115 g/mol. The van der Waals surface area contributed by atoms with Gasteiger partial charge in [0.15, 0.2) is 0 Å². The number of hydrogen-bond acceptors (Lipinski definition) is 2. The van der Waals surface area contributed by atoms with E-state index in [1.165, 1.54) is 0 Å². The van der Waals surface area contributed by atoms with E-state index in [4.69, 9.17) is 4.84 Å². The third-order valence-corrected chi connectivity index (χ3v) is 1.27. The normalized spacial score (nSPS) is 23.6. The van der Waals surface area contributed by atoms with Gasteiger partial charge in [0.2, 0.25) is 0 Å². The molecular weight excluding hydrogens is 104 g/mol. The Kier molecular flexibility index (Phi) is 2.27. The van der Waals surface area contributed by atoms with E-state index in [0.29, 0.717) is 0 Å². The van der Waals surface area contributed by atoms with Crippen LogP contribution in [0.2, 0.25) is 0 Å². The van der Waals surface area contributed by atoms with Crippen molar-refractivity contribution in [3.8, 4) is 0 Å². The van der Waals surface area contributed by atoms with Crippen LogP contribution in [0.25, 0.3) is 0 Å². The zero-order valence-corrected chi connectivity index (χ0v) is 5.13. The van der Waals surface area contributed by atoms with Crippen molar-refractivity contribution < 1.29 is 4.84 Å². The SMILES string of the molecule is CON1CC[N]CC1. The quantitative estimate of drug-likeness (QED) is 0.459. The maximum Gasteiger partial charge on any atom is 0.0575 e. The molecule has 1 rings (SSSR count). The first kappa shape index (κ1) is 6.01. The van der Waals surface area contributed by atoms with Gasteiger partial charge in [-0.2, -0.15) is 5.06 Å². The van der Waals surface area contributed by atoms with Crippen molar-refractivity contribution in [1.82, 2.24) is 10.4 Å². The average Bonchev–Trinajstić information content (AvgIpc) is 1.90.